The largest absolute Gasteiger partial charge is 0.461 e. The third kappa shape index (κ3) is 5.16. The highest BCUT2D eigenvalue weighted by Crippen LogP contribution is 2.24. The molecule has 0 bridgehead atoms. The number of carbonyl (C=O) groups is 2. The van der Waals surface area contributed by atoms with E-state index < -0.39 is 29.3 Å². The van der Waals surface area contributed by atoms with Gasteiger partial charge in [0.05, 0.1) is 0 Å². The molecular formula is C19H26F2N2O3. The second-order valence-corrected chi connectivity index (χ2v) is 7.24. The lowest BCUT2D eigenvalue weighted by Crippen LogP contribution is -2.43. The Morgan fingerprint density at radius 1 is 1.31 bits per heavy atom. The monoisotopic (exact) mass is 368 g/mol. The molecule has 0 saturated heterocycles. The summed E-state index contributed by atoms with van der Waals surface area (Å²) in [5, 5.41) is 0. The lowest BCUT2D eigenvalue weighted by molar-refractivity contribution is -0.158. The molecule has 26 heavy (non-hydrogen) atoms. The van der Waals surface area contributed by atoms with Crippen LogP contribution in [0.25, 0.3) is 0 Å². The number of nitrogen functional groups attached to an aromatic ring is 1. The molecule has 1 saturated carbocycles. The van der Waals surface area contributed by atoms with Crippen molar-refractivity contribution in [3.63, 3.8) is 0 Å². The Hall–Kier alpha value is -2.18. The van der Waals surface area contributed by atoms with Crippen molar-refractivity contribution in [1.82, 2.24) is 4.90 Å². The Morgan fingerprint density at radius 2 is 1.88 bits per heavy atom. The smallest absolute Gasteiger partial charge is 0.329 e. The van der Waals surface area contributed by atoms with Crippen LogP contribution in [0, 0.1) is 17.6 Å². The van der Waals surface area contributed by atoms with Gasteiger partial charge in [-0.1, -0.05) is 13.8 Å². The van der Waals surface area contributed by atoms with Gasteiger partial charge in [-0.3, -0.25) is 4.79 Å². The van der Waals surface area contributed by atoms with Crippen molar-refractivity contribution in [1.29, 1.82) is 0 Å². The minimum Gasteiger partial charge on any atom is -0.461 e. The van der Waals surface area contributed by atoms with E-state index in [1.54, 1.807) is 0 Å². The highest BCUT2D eigenvalue weighted by molar-refractivity contribution is 5.78. The van der Waals surface area contributed by atoms with Crippen LogP contribution in [-0.2, 0) is 20.9 Å². The topological polar surface area (TPSA) is 72.6 Å². The van der Waals surface area contributed by atoms with Gasteiger partial charge >= 0.3 is 5.97 Å². The number of halogens is 2. The molecule has 0 aliphatic heterocycles. The Kier molecular flexibility index (Phi) is 6.94. The maximum Gasteiger partial charge on any atom is 0.329 e. The fourth-order valence-corrected chi connectivity index (χ4v) is 3.22. The van der Waals surface area contributed by atoms with E-state index >= 15 is 0 Å². The molecule has 1 aliphatic carbocycles. The summed E-state index contributed by atoms with van der Waals surface area (Å²) in [6, 6.07) is 1.35. The molecule has 1 aliphatic rings. The summed E-state index contributed by atoms with van der Waals surface area (Å²) in [6.45, 7) is 3.76. The summed E-state index contributed by atoms with van der Waals surface area (Å²) in [6.07, 6.45) is 4.52. The molecule has 5 nitrogen and oxygen atoms in total. The summed E-state index contributed by atoms with van der Waals surface area (Å²) >= 11 is 0. The number of amides is 1. The predicted octanol–water partition coefficient (Wildman–Crippen LogP) is 3.41. The van der Waals surface area contributed by atoms with Crippen LogP contribution in [0.3, 0.4) is 0 Å². The molecule has 144 valence electrons. The van der Waals surface area contributed by atoms with Crippen molar-refractivity contribution in [2.75, 3.05) is 5.73 Å². The minimum absolute atomic E-state index is 0.102. The summed E-state index contributed by atoms with van der Waals surface area (Å²) in [7, 11) is 0. The van der Waals surface area contributed by atoms with Gasteiger partial charge in [0.25, 0.3) is 0 Å². The molecule has 0 heterocycles. The maximum absolute atomic E-state index is 13.7. The van der Waals surface area contributed by atoms with Crippen LogP contribution < -0.4 is 5.73 Å². The van der Waals surface area contributed by atoms with E-state index in [0.717, 1.165) is 37.8 Å². The van der Waals surface area contributed by atoms with Gasteiger partial charge in [-0.2, -0.15) is 0 Å². The first-order chi connectivity index (χ1) is 12.3. The SMILES string of the molecule is CC(C)CC(C(=O)OC1CCCC1)N(C=O)Cc1cc(F)c(N)c(F)c1. The van der Waals surface area contributed by atoms with Crippen molar-refractivity contribution >= 4 is 18.1 Å². The third-order valence-corrected chi connectivity index (χ3v) is 4.59. The van der Waals surface area contributed by atoms with E-state index in [2.05, 4.69) is 0 Å². The summed E-state index contributed by atoms with van der Waals surface area (Å²) in [4.78, 5) is 25.5. The molecule has 0 radical (unpaired) electrons. The molecule has 1 aromatic rings. The first-order valence-corrected chi connectivity index (χ1v) is 8.96. The van der Waals surface area contributed by atoms with Gasteiger partial charge in [0.15, 0.2) is 0 Å². The zero-order valence-electron chi connectivity index (χ0n) is 15.2. The number of anilines is 1. The quantitative estimate of drug-likeness (QED) is 0.434. The lowest BCUT2D eigenvalue weighted by atomic mass is 10.0. The molecule has 0 spiro atoms. The molecule has 0 aromatic heterocycles. The van der Waals surface area contributed by atoms with E-state index in [0.29, 0.717) is 12.8 Å². The van der Waals surface area contributed by atoms with Crippen molar-refractivity contribution in [3.8, 4) is 0 Å². The van der Waals surface area contributed by atoms with Gasteiger partial charge in [0.2, 0.25) is 6.41 Å². The average Bonchev–Trinajstić information content (AvgIpc) is 3.08. The standard InChI is InChI=1S/C19H26F2N2O3/c1-12(2)7-17(19(25)26-14-5-3-4-6-14)23(11-24)10-13-8-15(20)18(22)16(21)9-13/h8-9,11-12,14,17H,3-7,10,22H2,1-2H3. The van der Waals surface area contributed by atoms with Gasteiger partial charge in [0.1, 0.15) is 29.5 Å². The molecule has 2 N–H and O–H groups in total. The normalized spacial score (nSPS) is 15.9. The van der Waals surface area contributed by atoms with E-state index in [4.69, 9.17) is 10.5 Å². The fraction of sp³-hybridized carbons (Fsp3) is 0.579. The second kappa shape index (κ2) is 8.96. The number of hydrogen-bond donors (Lipinski definition) is 1. The first-order valence-electron chi connectivity index (χ1n) is 8.96. The van der Waals surface area contributed by atoms with Crippen LogP contribution >= 0.6 is 0 Å². The van der Waals surface area contributed by atoms with E-state index in [1.165, 1.54) is 4.90 Å². The minimum atomic E-state index is -0.889. The number of ether oxygens (including phenoxy) is 1. The zero-order chi connectivity index (χ0) is 19.3. The summed E-state index contributed by atoms with van der Waals surface area (Å²) in [5.74, 6) is -2.10. The Bertz CT molecular complexity index is 623. The summed E-state index contributed by atoms with van der Waals surface area (Å²) in [5.41, 5.74) is 4.93. The number of rotatable bonds is 8. The molecule has 1 unspecified atom stereocenters. The predicted molar refractivity (Wildman–Crippen MR) is 94.0 cm³/mol. The number of carbonyl (C=O) groups excluding carboxylic acids is 2. The van der Waals surface area contributed by atoms with Gasteiger partial charge < -0.3 is 15.4 Å². The number of nitrogens with two attached hydrogens (primary N) is 1. The molecule has 7 heteroatoms. The van der Waals surface area contributed by atoms with Gasteiger partial charge in [-0.15, -0.1) is 0 Å². The van der Waals surface area contributed by atoms with Crippen LogP contribution in [0.15, 0.2) is 12.1 Å². The summed E-state index contributed by atoms with van der Waals surface area (Å²) < 4.78 is 32.9. The molecule has 1 aromatic carbocycles. The van der Waals surface area contributed by atoms with E-state index in [9.17, 15) is 18.4 Å². The molecule has 2 rings (SSSR count). The van der Waals surface area contributed by atoms with Crippen LogP contribution in [0.1, 0.15) is 51.5 Å². The van der Waals surface area contributed by atoms with Crippen molar-refractivity contribution in [2.45, 2.75) is 64.6 Å². The molecule has 1 atom stereocenters. The zero-order valence-corrected chi connectivity index (χ0v) is 15.2. The first kappa shape index (κ1) is 20.1. The average molecular weight is 368 g/mol. The molecular weight excluding hydrogens is 342 g/mol. The van der Waals surface area contributed by atoms with Crippen LogP contribution in [0.2, 0.25) is 0 Å². The number of hydrogen-bond acceptors (Lipinski definition) is 4. The number of esters is 1. The Balaban J connectivity index is 2.17. The maximum atomic E-state index is 13.7. The number of nitrogens with zero attached hydrogens (tertiary/aromatic N) is 1. The highest BCUT2D eigenvalue weighted by Gasteiger charge is 2.30. The Morgan fingerprint density at radius 3 is 2.38 bits per heavy atom. The van der Waals surface area contributed by atoms with E-state index in [1.807, 2.05) is 13.8 Å². The second-order valence-electron chi connectivity index (χ2n) is 7.24. The van der Waals surface area contributed by atoms with Gasteiger partial charge in [-0.25, -0.2) is 13.6 Å². The van der Waals surface area contributed by atoms with Crippen LogP contribution in [0.5, 0.6) is 0 Å². The lowest BCUT2D eigenvalue weighted by Gasteiger charge is -2.29. The third-order valence-electron chi connectivity index (χ3n) is 4.59. The van der Waals surface area contributed by atoms with Crippen LogP contribution in [0.4, 0.5) is 14.5 Å². The van der Waals surface area contributed by atoms with E-state index in [-0.39, 0.29) is 24.1 Å². The highest BCUT2D eigenvalue weighted by atomic mass is 19.1. The van der Waals surface area contributed by atoms with Gasteiger partial charge in [0, 0.05) is 6.54 Å². The Labute approximate surface area is 152 Å². The van der Waals surface area contributed by atoms with Gasteiger partial charge in [-0.05, 0) is 55.7 Å². The number of benzene rings is 1. The van der Waals surface area contributed by atoms with Crippen LogP contribution in [-0.4, -0.2) is 29.4 Å². The van der Waals surface area contributed by atoms with Crippen molar-refractivity contribution in [2.24, 2.45) is 5.92 Å². The van der Waals surface area contributed by atoms with Crippen molar-refractivity contribution < 1.29 is 23.1 Å². The van der Waals surface area contributed by atoms with Crippen molar-refractivity contribution in [3.05, 3.63) is 29.3 Å². The fourth-order valence-electron chi connectivity index (χ4n) is 3.22. The molecule has 1 amide bonds. The molecule has 1 fully saturated rings.